The number of hydrogen-bond donors (Lipinski definition) is 0. The molecule has 0 radical (unpaired) electrons. The Bertz CT molecular complexity index is 885. The maximum Gasteiger partial charge on any atom is 0.346 e. The molecule has 2 aromatic heterocycles. The molecular formula is C15H20F2N6O3. The van der Waals surface area contributed by atoms with Crippen LogP contribution in [0.3, 0.4) is 0 Å². The molecule has 0 N–H and O–H groups in total. The summed E-state index contributed by atoms with van der Waals surface area (Å²) >= 11 is 0. The van der Waals surface area contributed by atoms with Gasteiger partial charge in [-0.1, -0.05) is 0 Å². The van der Waals surface area contributed by atoms with Gasteiger partial charge in [0, 0.05) is 20.1 Å². The highest BCUT2D eigenvalue weighted by molar-refractivity contribution is 5.77. The number of ether oxygens (including phenoxy) is 1. The lowest BCUT2D eigenvalue weighted by Crippen LogP contribution is -2.42. The molecule has 9 nitrogen and oxygen atoms in total. The minimum absolute atomic E-state index is 0.0820. The van der Waals surface area contributed by atoms with E-state index in [9.17, 15) is 18.4 Å². The molecule has 3 heterocycles. The van der Waals surface area contributed by atoms with E-state index in [2.05, 4.69) is 10.2 Å². The summed E-state index contributed by atoms with van der Waals surface area (Å²) in [4.78, 5) is 25.9. The molecule has 0 aliphatic carbocycles. The summed E-state index contributed by atoms with van der Waals surface area (Å²) < 4.78 is 34.3. The zero-order valence-electron chi connectivity index (χ0n) is 14.8. The standard InChI is InChI=1S/C15H20F2N6O3/c1-9-14(10(2)20(3)18-9)26-8-13(24)21-4-5-22-12(7-21)19-23(15(22)25)6-11(16)17/h11H,4-8H2,1-3H3. The second-order valence-electron chi connectivity index (χ2n) is 6.15. The van der Waals surface area contributed by atoms with Crippen molar-refractivity contribution in [2.75, 3.05) is 13.2 Å². The zero-order chi connectivity index (χ0) is 19.0. The number of halogens is 2. The first kappa shape index (κ1) is 18.1. The van der Waals surface area contributed by atoms with E-state index in [4.69, 9.17) is 4.74 Å². The van der Waals surface area contributed by atoms with Crippen molar-refractivity contribution in [1.82, 2.24) is 29.0 Å². The number of aromatic nitrogens is 5. The van der Waals surface area contributed by atoms with Gasteiger partial charge in [0.05, 0.1) is 12.2 Å². The Morgan fingerprint density at radius 1 is 1.27 bits per heavy atom. The number of alkyl halides is 2. The number of carbonyl (C=O) groups excluding carboxylic acids is 1. The summed E-state index contributed by atoms with van der Waals surface area (Å²) in [6.07, 6.45) is -2.67. The molecule has 26 heavy (non-hydrogen) atoms. The van der Waals surface area contributed by atoms with E-state index in [1.807, 2.05) is 6.92 Å². The predicted octanol–water partition coefficient (Wildman–Crippen LogP) is 0.0814. The first-order chi connectivity index (χ1) is 12.3. The van der Waals surface area contributed by atoms with Crippen molar-refractivity contribution in [3.8, 4) is 5.75 Å². The van der Waals surface area contributed by atoms with Crippen LogP contribution in [0.25, 0.3) is 0 Å². The Labute approximate surface area is 147 Å². The average Bonchev–Trinajstić information content (AvgIpc) is 3.01. The van der Waals surface area contributed by atoms with Gasteiger partial charge < -0.3 is 9.64 Å². The van der Waals surface area contributed by atoms with E-state index in [0.717, 1.165) is 10.4 Å². The van der Waals surface area contributed by atoms with Crippen molar-refractivity contribution in [3.63, 3.8) is 0 Å². The Balaban J connectivity index is 1.66. The number of nitrogens with zero attached hydrogens (tertiary/aromatic N) is 6. The van der Waals surface area contributed by atoms with Gasteiger partial charge in [-0.2, -0.15) is 10.2 Å². The van der Waals surface area contributed by atoms with Crippen molar-refractivity contribution >= 4 is 5.91 Å². The summed E-state index contributed by atoms with van der Waals surface area (Å²) in [6.45, 7) is 3.30. The largest absolute Gasteiger partial charge is 0.480 e. The highest BCUT2D eigenvalue weighted by atomic mass is 19.3. The molecule has 0 bridgehead atoms. The molecule has 142 valence electrons. The quantitative estimate of drug-likeness (QED) is 0.744. The van der Waals surface area contributed by atoms with E-state index in [1.54, 1.807) is 18.7 Å². The summed E-state index contributed by atoms with van der Waals surface area (Å²) in [7, 11) is 1.79. The molecule has 0 aromatic carbocycles. The third-order valence-corrected chi connectivity index (χ3v) is 4.37. The lowest BCUT2D eigenvalue weighted by Gasteiger charge is -2.26. The van der Waals surface area contributed by atoms with Crippen molar-refractivity contribution in [1.29, 1.82) is 0 Å². The summed E-state index contributed by atoms with van der Waals surface area (Å²) in [5.41, 5.74) is 0.926. The van der Waals surface area contributed by atoms with Crippen molar-refractivity contribution in [3.05, 3.63) is 27.7 Å². The van der Waals surface area contributed by atoms with Crippen molar-refractivity contribution < 1.29 is 18.3 Å². The monoisotopic (exact) mass is 370 g/mol. The minimum Gasteiger partial charge on any atom is -0.480 e. The third kappa shape index (κ3) is 3.33. The van der Waals surface area contributed by atoms with Gasteiger partial charge in [0.15, 0.2) is 18.2 Å². The van der Waals surface area contributed by atoms with Gasteiger partial charge in [-0.25, -0.2) is 18.3 Å². The fourth-order valence-electron chi connectivity index (χ4n) is 2.95. The molecule has 0 saturated heterocycles. The normalized spacial score (nSPS) is 14.0. The van der Waals surface area contributed by atoms with E-state index in [-0.39, 0.29) is 25.6 Å². The number of hydrogen-bond acceptors (Lipinski definition) is 5. The number of aryl methyl sites for hydroxylation is 2. The van der Waals surface area contributed by atoms with Crippen LogP contribution < -0.4 is 10.4 Å². The van der Waals surface area contributed by atoms with Gasteiger partial charge in [0.2, 0.25) is 0 Å². The molecule has 1 aliphatic heterocycles. The van der Waals surface area contributed by atoms with E-state index in [0.29, 0.717) is 23.8 Å². The Kier molecular flexibility index (Phi) is 4.79. The van der Waals surface area contributed by atoms with Crippen LogP contribution in [-0.2, 0) is 31.5 Å². The fraction of sp³-hybridized carbons (Fsp3) is 0.600. The van der Waals surface area contributed by atoms with Crippen LogP contribution in [0.2, 0.25) is 0 Å². The zero-order valence-corrected chi connectivity index (χ0v) is 14.8. The molecule has 1 aliphatic rings. The van der Waals surface area contributed by atoms with Gasteiger partial charge in [0.25, 0.3) is 12.3 Å². The molecule has 0 unspecified atom stereocenters. The number of amides is 1. The van der Waals surface area contributed by atoms with Crippen LogP contribution in [0.1, 0.15) is 17.2 Å². The van der Waals surface area contributed by atoms with Crippen LogP contribution in [0.5, 0.6) is 5.75 Å². The lowest BCUT2D eigenvalue weighted by atomic mass is 10.3. The molecule has 3 rings (SSSR count). The highest BCUT2D eigenvalue weighted by Gasteiger charge is 2.26. The van der Waals surface area contributed by atoms with Gasteiger partial charge in [-0.3, -0.25) is 14.0 Å². The fourth-order valence-corrected chi connectivity index (χ4v) is 2.95. The number of rotatable bonds is 5. The first-order valence-corrected chi connectivity index (χ1v) is 8.13. The molecular weight excluding hydrogens is 350 g/mol. The summed E-state index contributed by atoms with van der Waals surface area (Å²) in [5, 5.41) is 8.13. The molecule has 0 spiro atoms. The second-order valence-corrected chi connectivity index (χ2v) is 6.15. The van der Waals surface area contributed by atoms with Crippen molar-refractivity contribution in [2.24, 2.45) is 7.05 Å². The smallest absolute Gasteiger partial charge is 0.346 e. The van der Waals surface area contributed by atoms with Crippen LogP contribution in [0.15, 0.2) is 4.79 Å². The molecule has 1 amide bonds. The third-order valence-electron chi connectivity index (χ3n) is 4.37. The first-order valence-electron chi connectivity index (χ1n) is 8.13. The average molecular weight is 370 g/mol. The Morgan fingerprint density at radius 2 is 2.00 bits per heavy atom. The number of fused-ring (bicyclic) bond motifs is 1. The predicted molar refractivity (Wildman–Crippen MR) is 86.1 cm³/mol. The maximum atomic E-state index is 12.5. The second kappa shape index (κ2) is 6.89. The topological polar surface area (TPSA) is 87.2 Å². The molecule has 0 saturated carbocycles. The van der Waals surface area contributed by atoms with Crippen LogP contribution >= 0.6 is 0 Å². The van der Waals surface area contributed by atoms with Gasteiger partial charge >= 0.3 is 5.69 Å². The molecule has 11 heteroatoms. The van der Waals surface area contributed by atoms with Gasteiger partial charge in [0.1, 0.15) is 12.2 Å². The van der Waals surface area contributed by atoms with Crippen LogP contribution in [0.4, 0.5) is 8.78 Å². The van der Waals surface area contributed by atoms with E-state index in [1.165, 1.54) is 9.47 Å². The minimum atomic E-state index is -2.67. The SMILES string of the molecule is Cc1nn(C)c(C)c1OCC(=O)N1CCn2c(nn(CC(F)F)c2=O)C1. The van der Waals surface area contributed by atoms with E-state index >= 15 is 0 Å². The van der Waals surface area contributed by atoms with Crippen LogP contribution in [-0.4, -0.2) is 54.5 Å². The maximum absolute atomic E-state index is 12.5. The van der Waals surface area contributed by atoms with Gasteiger partial charge in [-0.05, 0) is 13.8 Å². The number of carbonyl (C=O) groups is 1. The Morgan fingerprint density at radius 3 is 2.62 bits per heavy atom. The van der Waals surface area contributed by atoms with Gasteiger partial charge in [-0.15, -0.1) is 0 Å². The molecule has 0 fully saturated rings. The van der Waals surface area contributed by atoms with Crippen molar-refractivity contribution in [2.45, 2.75) is 39.9 Å². The lowest BCUT2D eigenvalue weighted by molar-refractivity contribution is -0.134. The van der Waals surface area contributed by atoms with E-state index < -0.39 is 18.7 Å². The Hall–Kier alpha value is -2.72. The summed E-state index contributed by atoms with van der Waals surface area (Å²) in [6, 6.07) is 0. The molecule has 0 atom stereocenters. The van der Waals surface area contributed by atoms with Crippen LogP contribution in [0, 0.1) is 13.8 Å². The highest BCUT2D eigenvalue weighted by Crippen LogP contribution is 2.21. The summed E-state index contributed by atoms with van der Waals surface area (Å²) in [5.74, 6) is 0.592. The molecule has 2 aromatic rings.